The molecule has 2 N–H and O–H groups in total. The molecule has 1 aliphatic heterocycles. The van der Waals surface area contributed by atoms with Gasteiger partial charge in [-0.1, -0.05) is 12.1 Å². The summed E-state index contributed by atoms with van der Waals surface area (Å²) in [4.78, 5) is 14.4. The van der Waals surface area contributed by atoms with E-state index in [0.717, 1.165) is 6.07 Å². The molecule has 0 saturated carbocycles. The maximum absolute atomic E-state index is 15.0. The van der Waals surface area contributed by atoms with Gasteiger partial charge in [0, 0.05) is 25.7 Å². The average Bonchev–Trinajstić information content (AvgIpc) is 2.86. The van der Waals surface area contributed by atoms with E-state index in [9.17, 15) is 21.6 Å². The number of hydrogen-bond acceptors (Lipinski definition) is 8. The Balaban J connectivity index is 1.99. The summed E-state index contributed by atoms with van der Waals surface area (Å²) in [6, 6.07) is 4.42. The van der Waals surface area contributed by atoms with Gasteiger partial charge in [-0.05, 0) is 25.8 Å². The molecule has 2 heterocycles. The van der Waals surface area contributed by atoms with E-state index in [1.54, 1.807) is 13.0 Å². The summed E-state index contributed by atoms with van der Waals surface area (Å²) < 4.78 is 72.1. The molecule has 1 atom stereocenters. The second-order valence-corrected chi connectivity index (χ2v) is 10.5. The number of hydrogen-bond donors (Lipinski definition) is 2. The van der Waals surface area contributed by atoms with Crippen LogP contribution in [-0.2, 0) is 15.8 Å². The van der Waals surface area contributed by atoms with Crippen molar-refractivity contribution in [3.05, 3.63) is 46.8 Å². The molecule has 0 unspecified atom stereocenters. The van der Waals surface area contributed by atoms with Crippen LogP contribution < -0.4 is 15.0 Å². The van der Waals surface area contributed by atoms with Gasteiger partial charge < -0.3 is 20.1 Å². The molecule has 0 amide bonds. The van der Waals surface area contributed by atoms with Crippen LogP contribution in [0.1, 0.15) is 29.7 Å². The zero-order chi connectivity index (χ0) is 26.7. The fourth-order valence-corrected chi connectivity index (χ4v) is 5.10. The number of aliphatic imine (C=N–C) groups is 2. The number of halogens is 3. The summed E-state index contributed by atoms with van der Waals surface area (Å²) >= 11 is 0. The van der Waals surface area contributed by atoms with Crippen LogP contribution in [0.15, 0.2) is 34.3 Å². The number of alkyl halides is 2. The smallest absolute Gasteiger partial charge is 0.298 e. The first kappa shape index (κ1) is 27.4. The van der Waals surface area contributed by atoms with Crippen molar-refractivity contribution in [3.63, 3.8) is 0 Å². The molecule has 196 valence electrons. The summed E-state index contributed by atoms with van der Waals surface area (Å²) in [5.41, 5.74) is -0.0761. The molecule has 1 aliphatic rings. The zero-order valence-electron chi connectivity index (χ0n) is 20.1. The van der Waals surface area contributed by atoms with Gasteiger partial charge in [-0.2, -0.15) is 13.8 Å². The molecular weight excluding hydrogens is 499 g/mol. The first-order chi connectivity index (χ1) is 17.0. The number of pyridine rings is 1. The SMILES string of the molecule is C=Nc1nc(OC)c(N2CCS(=O)(=O)CC2)cc1/C(=N\C)N[C@H](C)c1cccc(C(F)(F)CO)c1F. The molecule has 3 rings (SSSR count). The fraction of sp³-hybridized carbons (Fsp3) is 0.435. The van der Waals surface area contributed by atoms with E-state index in [1.165, 1.54) is 26.3 Å². The number of amidine groups is 1. The third kappa shape index (κ3) is 5.62. The van der Waals surface area contributed by atoms with E-state index >= 15 is 0 Å². The number of aliphatic hydroxyl groups is 1. The Morgan fingerprint density at radius 1 is 1.36 bits per heavy atom. The quantitative estimate of drug-likeness (QED) is 0.400. The molecule has 0 spiro atoms. The van der Waals surface area contributed by atoms with Gasteiger partial charge in [0.1, 0.15) is 23.9 Å². The Morgan fingerprint density at radius 2 is 2.03 bits per heavy atom. The number of aromatic nitrogens is 1. The Bertz CT molecular complexity index is 1260. The molecule has 2 aromatic rings. The number of nitrogens with zero attached hydrogens (tertiary/aromatic N) is 4. The van der Waals surface area contributed by atoms with Gasteiger partial charge in [-0.15, -0.1) is 0 Å². The predicted molar refractivity (Wildman–Crippen MR) is 132 cm³/mol. The maximum atomic E-state index is 15.0. The summed E-state index contributed by atoms with van der Waals surface area (Å²) in [5.74, 6) is -4.33. The third-order valence-electron chi connectivity index (χ3n) is 5.90. The van der Waals surface area contributed by atoms with Crippen LogP contribution in [0.5, 0.6) is 5.88 Å². The van der Waals surface area contributed by atoms with Crippen LogP contribution in [0.3, 0.4) is 0 Å². The van der Waals surface area contributed by atoms with E-state index in [2.05, 4.69) is 27.0 Å². The van der Waals surface area contributed by atoms with Crippen LogP contribution >= 0.6 is 0 Å². The van der Waals surface area contributed by atoms with Crippen LogP contribution in [0.4, 0.5) is 24.7 Å². The number of nitrogens with one attached hydrogen (secondary N) is 1. The van der Waals surface area contributed by atoms with E-state index in [1.807, 2.05) is 4.90 Å². The Hall–Kier alpha value is -3.19. The maximum Gasteiger partial charge on any atom is 0.298 e. The molecule has 1 fully saturated rings. The number of methoxy groups -OCH3 is 1. The Kier molecular flexibility index (Phi) is 8.24. The Labute approximate surface area is 207 Å². The molecule has 0 bridgehead atoms. The lowest BCUT2D eigenvalue weighted by Crippen LogP contribution is -2.40. The van der Waals surface area contributed by atoms with Crippen molar-refractivity contribution in [2.45, 2.75) is 18.9 Å². The standard InChI is InChI=1S/C23H28F3N5O4S/c1-14(15-6-5-7-17(19(15)24)23(25,26)13-32)29-20(27-2)16-12-18(22(35-4)30-21(16)28-3)31-8-10-36(33,34)11-9-31/h5-7,12,14,32H,3,8-11,13H2,1-2,4H3,(H,27,29)/t14-/m1/s1. The summed E-state index contributed by atoms with van der Waals surface area (Å²) in [7, 11) is -0.225. The topological polar surface area (TPSA) is 116 Å². The molecule has 0 aliphatic carbocycles. The normalized spacial score (nSPS) is 17.0. The van der Waals surface area contributed by atoms with Crippen molar-refractivity contribution in [2.24, 2.45) is 9.98 Å². The van der Waals surface area contributed by atoms with Crippen LogP contribution in [0.25, 0.3) is 0 Å². The van der Waals surface area contributed by atoms with E-state index in [-0.39, 0.29) is 47.7 Å². The van der Waals surface area contributed by atoms with Gasteiger partial charge in [-0.25, -0.2) is 17.8 Å². The van der Waals surface area contributed by atoms with Gasteiger partial charge in [-0.3, -0.25) is 4.99 Å². The summed E-state index contributed by atoms with van der Waals surface area (Å²) in [5, 5.41) is 12.0. The van der Waals surface area contributed by atoms with Crippen LogP contribution in [0.2, 0.25) is 0 Å². The van der Waals surface area contributed by atoms with Crippen molar-refractivity contribution in [2.75, 3.05) is 50.3 Å². The molecule has 13 heteroatoms. The molecular formula is C23H28F3N5O4S. The highest BCUT2D eigenvalue weighted by Gasteiger charge is 2.35. The highest BCUT2D eigenvalue weighted by atomic mass is 32.2. The minimum Gasteiger partial charge on any atom is -0.479 e. The molecule has 9 nitrogen and oxygen atoms in total. The van der Waals surface area contributed by atoms with Crippen LogP contribution in [0, 0.1) is 5.82 Å². The molecule has 1 aromatic heterocycles. The molecule has 1 saturated heterocycles. The lowest BCUT2D eigenvalue weighted by Gasteiger charge is -2.30. The van der Waals surface area contributed by atoms with E-state index < -0.39 is 39.8 Å². The number of rotatable bonds is 8. The first-order valence-electron chi connectivity index (χ1n) is 11.0. The lowest BCUT2D eigenvalue weighted by molar-refractivity contribution is -0.0584. The number of anilines is 1. The van der Waals surface area contributed by atoms with Gasteiger partial charge in [0.2, 0.25) is 5.88 Å². The Morgan fingerprint density at radius 3 is 2.58 bits per heavy atom. The number of sulfone groups is 1. The van der Waals surface area contributed by atoms with E-state index in [4.69, 9.17) is 9.84 Å². The molecule has 0 radical (unpaired) electrons. The van der Waals surface area contributed by atoms with E-state index in [0.29, 0.717) is 11.3 Å². The predicted octanol–water partition coefficient (Wildman–Crippen LogP) is 2.61. The second-order valence-electron chi connectivity index (χ2n) is 8.19. The average molecular weight is 528 g/mol. The fourth-order valence-electron chi connectivity index (χ4n) is 3.90. The van der Waals surface area contributed by atoms with Crippen molar-refractivity contribution in [1.82, 2.24) is 10.3 Å². The largest absolute Gasteiger partial charge is 0.479 e. The number of ether oxygens (including phenoxy) is 1. The van der Waals surface area contributed by atoms with Crippen molar-refractivity contribution < 1.29 is 31.4 Å². The number of benzene rings is 1. The van der Waals surface area contributed by atoms with Gasteiger partial charge >= 0.3 is 0 Å². The third-order valence-corrected chi connectivity index (χ3v) is 7.51. The zero-order valence-corrected chi connectivity index (χ0v) is 20.9. The van der Waals surface area contributed by atoms with Gasteiger partial charge in [0.25, 0.3) is 5.92 Å². The van der Waals surface area contributed by atoms with Crippen molar-refractivity contribution in [1.29, 1.82) is 0 Å². The minimum atomic E-state index is -3.74. The number of aliphatic hydroxyl groups excluding tert-OH is 1. The van der Waals surface area contributed by atoms with Gasteiger partial charge in [0.05, 0.1) is 35.8 Å². The molecule has 1 aromatic carbocycles. The summed E-state index contributed by atoms with van der Waals surface area (Å²) in [6.07, 6.45) is 0. The summed E-state index contributed by atoms with van der Waals surface area (Å²) in [6.45, 7) is 4.05. The highest BCUT2D eigenvalue weighted by Crippen LogP contribution is 2.35. The van der Waals surface area contributed by atoms with Gasteiger partial charge in [0.15, 0.2) is 15.7 Å². The molecule has 36 heavy (non-hydrogen) atoms. The highest BCUT2D eigenvalue weighted by molar-refractivity contribution is 7.91. The monoisotopic (exact) mass is 527 g/mol. The first-order valence-corrected chi connectivity index (χ1v) is 12.8. The lowest BCUT2D eigenvalue weighted by atomic mass is 10.00. The second kappa shape index (κ2) is 10.8. The minimum absolute atomic E-state index is 0.0228. The van der Waals surface area contributed by atoms with Crippen molar-refractivity contribution >= 4 is 33.9 Å². The van der Waals surface area contributed by atoms with Crippen molar-refractivity contribution in [3.8, 4) is 5.88 Å². The van der Waals surface area contributed by atoms with Crippen LogP contribution in [-0.4, -0.2) is 76.4 Å².